The monoisotopic (exact) mass is 790 g/mol. The van der Waals surface area contributed by atoms with Crippen LogP contribution in [-0.4, -0.2) is 47.4 Å². The Labute approximate surface area is 348 Å². The molecule has 6 heteroatoms. The van der Waals surface area contributed by atoms with E-state index in [2.05, 4.69) is 43.5 Å². The topological polar surface area (TPSA) is 95.9 Å². The molecule has 0 radical (unpaired) electrons. The third kappa shape index (κ3) is 42.0. The van der Waals surface area contributed by atoms with Crippen LogP contribution in [0.25, 0.3) is 0 Å². The minimum Gasteiger partial charge on any atom is -0.466 e. The van der Waals surface area contributed by atoms with Gasteiger partial charge in [-0.1, -0.05) is 212 Å². The minimum atomic E-state index is -0.669. The van der Waals surface area contributed by atoms with Gasteiger partial charge in [0.05, 0.1) is 25.4 Å². The summed E-state index contributed by atoms with van der Waals surface area (Å²) in [6.07, 6.45) is 52.8. The summed E-state index contributed by atoms with van der Waals surface area (Å²) >= 11 is 0. The van der Waals surface area contributed by atoms with Gasteiger partial charge in [-0.05, 0) is 57.8 Å². The fraction of sp³-hybridized carbons (Fsp3) is 0.880. The number of rotatable bonds is 45. The van der Waals surface area contributed by atoms with Crippen molar-refractivity contribution in [2.75, 3.05) is 13.2 Å². The van der Waals surface area contributed by atoms with Gasteiger partial charge in [0.1, 0.15) is 0 Å². The molecule has 0 fully saturated rings. The van der Waals surface area contributed by atoms with Crippen LogP contribution < -0.4 is 5.32 Å². The lowest BCUT2D eigenvalue weighted by Gasteiger charge is -2.22. The van der Waals surface area contributed by atoms with Crippen molar-refractivity contribution in [1.82, 2.24) is 5.32 Å². The molecule has 0 aromatic carbocycles. The molecule has 0 saturated carbocycles. The van der Waals surface area contributed by atoms with E-state index in [1.54, 1.807) is 0 Å². The summed E-state index contributed by atoms with van der Waals surface area (Å²) in [4.78, 5) is 24.4. The zero-order valence-electron chi connectivity index (χ0n) is 37.4. The van der Waals surface area contributed by atoms with Gasteiger partial charge in [-0.15, -0.1) is 0 Å². The summed E-state index contributed by atoms with van der Waals surface area (Å²) in [5, 5.41) is 23.1. The first-order valence-corrected chi connectivity index (χ1v) is 24.6. The maximum absolute atomic E-state index is 12.4. The number of hydrogen-bond acceptors (Lipinski definition) is 5. The van der Waals surface area contributed by atoms with E-state index in [1.165, 1.54) is 167 Å². The van der Waals surface area contributed by atoms with Gasteiger partial charge in [-0.3, -0.25) is 9.59 Å². The van der Waals surface area contributed by atoms with Crippen LogP contribution in [0.4, 0.5) is 0 Å². The maximum Gasteiger partial charge on any atom is 0.305 e. The van der Waals surface area contributed by atoms with Crippen molar-refractivity contribution in [3.8, 4) is 0 Å². The molecule has 330 valence electrons. The van der Waals surface area contributed by atoms with Crippen LogP contribution in [0.15, 0.2) is 24.3 Å². The summed E-state index contributed by atoms with van der Waals surface area (Å²) in [6, 6.07) is -0.548. The molecule has 1 amide bonds. The number of carbonyl (C=O) groups is 2. The molecule has 2 atom stereocenters. The van der Waals surface area contributed by atoms with Gasteiger partial charge in [0.25, 0.3) is 0 Å². The summed E-state index contributed by atoms with van der Waals surface area (Å²) in [5.74, 6) is -0.0651. The second-order valence-electron chi connectivity index (χ2n) is 16.8. The highest BCUT2D eigenvalue weighted by Crippen LogP contribution is 2.16. The first-order valence-electron chi connectivity index (χ1n) is 24.6. The molecule has 0 aliphatic heterocycles. The number of aliphatic hydroxyl groups is 2. The predicted molar refractivity (Wildman–Crippen MR) is 241 cm³/mol. The van der Waals surface area contributed by atoms with Gasteiger partial charge in [0.2, 0.25) is 5.91 Å². The highest BCUT2D eigenvalue weighted by molar-refractivity contribution is 5.76. The number of allylic oxidation sites excluding steroid dienone is 4. The Morgan fingerprint density at radius 3 is 1.39 bits per heavy atom. The molecule has 0 saturated heterocycles. The van der Waals surface area contributed by atoms with Crippen LogP contribution in [0.5, 0.6) is 0 Å². The second kappa shape index (κ2) is 46.0. The number of nitrogens with one attached hydrogen (secondary N) is 1. The average molecular weight is 790 g/mol. The standard InChI is InChI=1S/C50H95NO5/c1-3-5-7-9-11-13-15-16-17-21-24-28-32-36-40-44-50(55)56-45-41-37-33-29-25-22-19-18-20-23-27-31-35-39-43-49(54)51-47(46-52)48(53)42-38-34-30-26-14-12-10-8-6-4-2/h11,13,16-17,47-48,52-53H,3-10,12,14-15,18-46H2,1-2H3,(H,51,54)/b13-11-,17-16-. The number of carbonyl (C=O) groups excluding carboxylic acids is 2. The molecule has 0 rings (SSSR count). The number of amides is 1. The first kappa shape index (κ1) is 54.3. The first-order chi connectivity index (χ1) is 27.5. The zero-order valence-corrected chi connectivity index (χ0v) is 37.4. The van der Waals surface area contributed by atoms with E-state index in [0.717, 1.165) is 57.8 Å². The molecule has 2 unspecified atom stereocenters. The highest BCUT2D eigenvalue weighted by atomic mass is 16.5. The van der Waals surface area contributed by atoms with Crippen LogP contribution in [-0.2, 0) is 14.3 Å². The van der Waals surface area contributed by atoms with E-state index in [4.69, 9.17) is 4.74 Å². The van der Waals surface area contributed by atoms with E-state index in [-0.39, 0.29) is 18.5 Å². The smallest absolute Gasteiger partial charge is 0.305 e. The summed E-state index contributed by atoms with van der Waals surface area (Å²) in [6.45, 7) is 4.88. The number of esters is 1. The second-order valence-corrected chi connectivity index (χ2v) is 16.8. The van der Waals surface area contributed by atoms with E-state index in [0.29, 0.717) is 25.9 Å². The third-order valence-electron chi connectivity index (χ3n) is 11.3. The highest BCUT2D eigenvalue weighted by Gasteiger charge is 2.20. The van der Waals surface area contributed by atoms with Crippen molar-refractivity contribution in [2.45, 2.75) is 270 Å². The Bertz CT molecular complexity index is 874. The third-order valence-corrected chi connectivity index (χ3v) is 11.3. The molecule has 6 nitrogen and oxygen atoms in total. The molecular weight excluding hydrogens is 695 g/mol. The molecule has 56 heavy (non-hydrogen) atoms. The van der Waals surface area contributed by atoms with E-state index >= 15 is 0 Å². The van der Waals surface area contributed by atoms with Gasteiger partial charge >= 0.3 is 5.97 Å². The summed E-state index contributed by atoms with van der Waals surface area (Å²) in [7, 11) is 0. The Balaban J connectivity index is 3.44. The van der Waals surface area contributed by atoms with Crippen molar-refractivity contribution in [3.05, 3.63) is 24.3 Å². The Morgan fingerprint density at radius 2 is 0.893 bits per heavy atom. The molecule has 0 aliphatic rings. The van der Waals surface area contributed by atoms with E-state index in [9.17, 15) is 19.8 Å². The fourth-order valence-corrected chi connectivity index (χ4v) is 7.43. The average Bonchev–Trinajstić information content (AvgIpc) is 3.20. The molecule has 3 N–H and O–H groups in total. The maximum atomic E-state index is 12.4. The number of ether oxygens (including phenoxy) is 1. The number of unbranched alkanes of at least 4 members (excludes halogenated alkanes) is 30. The molecule has 0 heterocycles. The van der Waals surface area contributed by atoms with Gasteiger partial charge in [-0.25, -0.2) is 0 Å². The van der Waals surface area contributed by atoms with E-state index < -0.39 is 12.1 Å². The molecule has 0 aromatic heterocycles. The Kier molecular flexibility index (Phi) is 44.7. The van der Waals surface area contributed by atoms with Crippen LogP contribution in [0.1, 0.15) is 258 Å². The Hall–Kier alpha value is -1.66. The molecule has 0 aromatic rings. The summed E-state index contributed by atoms with van der Waals surface area (Å²) < 4.78 is 5.45. The lowest BCUT2D eigenvalue weighted by atomic mass is 10.0. The lowest BCUT2D eigenvalue weighted by Crippen LogP contribution is -2.45. The van der Waals surface area contributed by atoms with Crippen molar-refractivity contribution >= 4 is 11.9 Å². The zero-order chi connectivity index (χ0) is 40.8. The predicted octanol–water partition coefficient (Wildman–Crippen LogP) is 14.3. The van der Waals surface area contributed by atoms with Gasteiger partial charge < -0.3 is 20.3 Å². The lowest BCUT2D eigenvalue weighted by molar-refractivity contribution is -0.143. The molecular formula is C50H95NO5. The van der Waals surface area contributed by atoms with Gasteiger partial charge in [0.15, 0.2) is 0 Å². The van der Waals surface area contributed by atoms with Crippen LogP contribution >= 0.6 is 0 Å². The molecule has 0 bridgehead atoms. The van der Waals surface area contributed by atoms with Crippen molar-refractivity contribution < 1.29 is 24.5 Å². The molecule has 0 aliphatic carbocycles. The SMILES string of the molecule is CCCCC/C=C\C/C=C\CCCCCCCC(=O)OCCCCCCCCCCCCCCCCC(=O)NC(CO)C(O)CCCCCCCCCCCC. The summed E-state index contributed by atoms with van der Waals surface area (Å²) in [5.41, 5.74) is 0. The molecule has 0 spiro atoms. The van der Waals surface area contributed by atoms with E-state index in [1.807, 2.05) is 0 Å². The van der Waals surface area contributed by atoms with Crippen molar-refractivity contribution in [1.29, 1.82) is 0 Å². The largest absolute Gasteiger partial charge is 0.466 e. The minimum absolute atomic E-state index is 0.0167. The normalized spacial score (nSPS) is 12.9. The van der Waals surface area contributed by atoms with Crippen molar-refractivity contribution in [3.63, 3.8) is 0 Å². The van der Waals surface area contributed by atoms with Gasteiger partial charge in [0, 0.05) is 12.8 Å². The van der Waals surface area contributed by atoms with Crippen LogP contribution in [0, 0.1) is 0 Å². The fourth-order valence-electron chi connectivity index (χ4n) is 7.43. The van der Waals surface area contributed by atoms with Gasteiger partial charge in [-0.2, -0.15) is 0 Å². The van der Waals surface area contributed by atoms with Crippen LogP contribution in [0.2, 0.25) is 0 Å². The van der Waals surface area contributed by atoms with Crippen LogP contribution in [0.3, 0.4) is 0 Å². The number of hydrogen-bond donors (Lipinski definition) is 3. The Morgan fingerprint density at radius 1 is 0.500 bits per heavy atom. The quantitative estimate of drug-likeness (QED) is 0.0324. The number of aliphatic hydroxyl groups excluding tert-OH is 2. The van der Waals surface area contributed by atoms with Crippen molar-refractivity contribution in [2.24, 2.45) is 0 Å².